The van der Waals surface area contributed by atoms with Gasteiger partial charge in [-0.2, -0.15) is 26.3 Å². The molecule has 0 unspecified atom stereocenters. The first-order valence-electron chi connectivity index (χ1n) is 11.5. The highest BCUT2D eigenvalue weighted by molar-refractivity contribution is 5.73. The van der Waals surface area contributed by atoms with E-state index in [9.17, 15) is 26.3 Å². The Morgan fingerprint density at radius 2 is 1.54 bits per heavy atom. The van der Waals surface area contributed by atoms with Gasteiger partial charge in [0.2, 0.25) is 0 Å². The number of furan rings is 1. The van der Waals surface area contributed by atoms with Crippen molar-refractivity contribution in [3.8, 4) is 0 Å². The van der Waals surface area contributed by atoms with Crippen LogP contribution in [0.25, 0.3) is 0 Å². The summed E-state index contributed by atoms with van der Waals surface area (Å²) in [7, 11) is 0. The molecule has 212 valence electrons. The fraction of sp³-hybridized carbons (Fsp3) is 0.727. The first-order chi connectivity index (χ1) is 17.2. The van der Waals surface area contributed by atoms with Gasteiger partial charge < -0.3 is 24.1 Å². The maximum atomic E-state index is 10.6. The highest BCUT2D eigenvalue weighted by atomic mass is 19.4. The Morgan fingerprint density at radius 1 is 0.973 bits per heavy atom. The molecular weight excluding hydrogens is 518 g/mol. The van der Waals surface area contributed by atoms with Crippen LogP contribution in [0.5, 0.6) is 0 Å². The molecule has 1 aromatic rings. The van der Waals surface area contributed by atoms with Crippen LogP contribution >= 0.6 is 0 Å². The van der Waals surface area contributed by atoms with Crippen LogP contribution in [0.1, 0.15) is 17.9 Å². The number of nitrogens with zero attached hydrogens (tertiary/aromatic N) is 2. The van der Waals surface area contributed by atoms with Crippen molar-refractivity contribution < 1.29 is 60.0 Å². The number of fused-ring (bicyclic) bond motifs is 1. The van der Waals surface area contributed by atoms with E-state index in [1.807, 2.05) is 6.92 Å². The summed E-state index contributed by atoms with van der Waals surface area (Å²) in [5, 5.41) is 14.2. The summed E-state index contributed by atoms with van der Waals surface area (Å²) in [6.45, 7) is 11.1. The maximum absolute atomic E-state index is 10.6. The summed E-state index contributed by atoms with van der Waals surface area (Å²) in [6.07, 6.45) is -8.52. The van der Waals surface area contributed by atoms with Crippen molar-refractivity contribution in [3.63, 3.8) is 0 Å². The number of hydrogen-bond donors (Lipinski definition) is 2. The number of aliphatic carboxylic acids is 2. The van der Waals surface area contributed by atoms with Crippen LogP contribution in [-0.4, -0.2) is 103 Å². The highest BCUT2D eigenvalue weighted by Gasteiger charge is 2.42. The van der Waals surface area contributed by atoms with Crippen LogP contribution in [0.15, 0.2) is 16.5 Å². The van der Waals surface area contributed by atoms with Crippen molar-refractivity contribution in [2.75, 3.05) is 52.5 Å². The van der Waals surface area contributed by atoms with Gasteiger partial charge in [0.25, 0.3) is 0 Å². The summed E-state index contributed by atoms with van der Waals surface area (Å²) >= 11 is 0. The molecule has 0 spiro atoms. The lowest BCUT2D eigenvalue weighted by molar-refractivity contribution is -0.193. The van der Waals surface area contributed by atoms with Gasteiger partial charge in [-0.15, -0.1) is 0 Å². The smallest absolute Gasteiger partial charge is 0.475 e. The minimum absolute atomic E-state index is 0.388. The number of rotatable bonds is 4. The summed E-state index contributed by atoms with van der Waals surface area (Å²) in [5.74, 6) is -2.01. The molecule has 0 aromatic carbocycles. The SMILES string of the molecule is Cc1ccc(CN2CC[C@H]3CO[C@H](CN4CCOCC4)[C@H]3C2)o1.O=C(O)C(F)(F)F.O=C(O)C(F)(F)F. The molecule has 15 heteroatoms. The van der Waals surface area contributed by atoms with Gasteiger partial charge in [-0.25, -0.2) is 9.59 Å². The zero-order valence-electron chi connectivity index (χ0n) is 20.1. The molecule has 3 saturated heterocycles. The van der Waals surface area contributed by atoms with Gasteiger partial charge in [0.05, 0.1) is 32.5 Å². The molecule has 4 heterocycles. The number of carboxylic acid groups (broad SMARTS) is 2. The van der Waals surface area contributed by atoms with Crippen molar-refractivity contribution in [1.82, 2.24) is 9.80 Å². The Hall–Kier alpha value is -2.36. The Balaban J connectivity index is 0.000000286. The molecule has 9 nitrogen and oxygen atoms in total. The lowest BCUT2D eigenvalue weighted by Gasteiger charge is -2.37. The molecule has 3 atom stereocenters. The lowest BCUT2D eigenvalue weighted by Crippen LogP contribution is -2.47. The monoisotopic (exact) mass is 548 g/mol. The fourth-order valence-electron chi connectivity index (χ4n) is 4.26. The van der Waals surface area contributed by atoms with Crippen molar-refractivity contribution in [1.29, 1.82) is 0 Å². The van der Waals surface area contributed by atoms with Crippen LogP contribution in [0.2, 0.25) is 0 Å². The number of morpholine rings is 1. The van der Waals surface area contributed by atoms with Crippen molar-refractivity contribution in [2.45, 2.75) is 38.3 Å². The second-order valence-electron chi connectivity index (χ2n) is 8.85. The largest absolute Gasteiger partial charge is 0.490 e. The highest BCUT2D eigenvalue weighted by Crippen LogP contribution is 2.35. The van der Waals surface area contributed by atoms with E-state index in [0.717, 1.165) is 76.5 Å². The van der Waals surface area contributed by atoms with Gasteiger partial charge in [-0.05, 0) is 37.9 Å². The predicted molar refractivity (Wildman–Crippen MR) is 115 cm³/mol. The standard InChI is InChI=1S/C18H28N2O3.2C2HF3O2/c1-14-2-3-16(23-14)10-20-5-4-15-13-22-18(17(15)11-20)12-19-6-8-21-9-7-19;2*3-2(4,5)1(6)7/h2-3,15,17-18H,4-13H2,1H3;2*(H,6,7)/t15-,17-,18+;;/m0../s1. The number of halogens is 6. The number of aryl methyl sites for hydroxylation is 1. The first-order valence-corrected chi connectivity index (χ1v) is 11.5. The van der Waals surface area contributed by atoms with Gasteiger partial charge in [0, 0.05) is 32.1 Å². The molecule has 0 amide bonds. The number of carbonyl (C=O) groups is 2. The molecule has 1 aromatic heterocycles. The third-order valence-corrected chi connectivity index (χ3v) is 6.09. The number of hydrogen-bond acceptors (Lipinski definition) is 7. The van der Waals surface area contributed by atoms with Gasteiger partial charge in [0.1, 0.15) is 11.5 Å². The summed E-state index contributed by atoms with van der Waals surface area (Å²) in [4.78, 5) is 22.8. The minimum atomic E-state index is -5.08. The van der Waals surface area contributed by atoms with Crippen LogP contribution in [0, 0.1) is 18.8 Å². The second-order valence-corrected chi connectivity index (χ2v) is 8.85. The minimum Gasteiger partial charge on any atom is -0.475 e. The van der Waals surface area contributed by atoms with E-state index in [0.29, 0.717) is 12.0 Å². The first kappa shape index (κ1) is 30.9. The van der Waals surface area contributed by atoms with Crippen molar-refractivity contribution in [3.05, 3.63) is 23.7 Å². The number of ether oxygens (including phenoxy) is 2. The van der Waals surface area contributed by atoms with E-state index in [1.54, 1.807) is 0 Å². The molecule has 4 rings (SSSR count). The Kier molecular flexibility index (Phi) is 11.2. The number of likely N-dealkylation sites (tertiary alicyclic amines) is 1. The third kappa shape index (κ3) is 10.5. The summed E-state index contributed by atoms with van der Waals surface area (Å²) in [6, 6.07) is 4.17. The molecule has 3 aliphatic heterocycles. The van der Waals surface area contributed by atoms with Crippen molar-refractivity contribution >= 4 is 11.9 Å². The topological polar surface area (TPSA) is 113 Å². The molecule has 3 fully saturated rings. The number of piperidine rings is 1. The molecule has 0 aliphatic carbocycles. The summed E-state index contributed by atoms with van der Waals surface area (Å²) in [5.41, 5.74) is 0. The van der Waals surface area contributed by atoms with Crippen LogP contribution < -0.4 is 0 Å². The molecule has 37 heavy (non-hydrogen) atoms. The van der Waals surface area contributed by atoms with E-state index in [2.05, 4.69) is 21.9 Å². The molecule has 0 radical (unpaired) electrons. The maximum Gasteiger partial charge on any atom is 0.490 e. The zero-order chi connectivity index (χ0) is 27.8. The van der Waals surface area contributed by atoms with Crippen LogP contribution in [-0.2, 0) is 25.6 Å². The van der Waals surface area contributed by atoms with Crippen molar-refractivity contribution in [2.24, 2.45) is 11.8 Å². The van der Waals surface area contributed by atoms with Gasteiger partial charge in [-0.3, -0.25) is 9.80 Å². The molecule has 0 saturated carbocycles. The van der Waals surface area contributed by atoms with Gasteiger partial charge >= 0.3 is 24.3 Å². The average molecular weight is 548 g/mol. The number of alkyl halides is 6. The van der Waals surface area contributed by atoms with E-state index in [1.165, 1.54) is 6.42 Å². The van der Waals surface area contributed by atoms with E-state index >= 15 is 0 Å². The average Bonchev–Trinajstić information content (AvgIpc) is 3.39. The Labute approximate surface area is 208 Å². The van der Waals surface area contributed by atoms with E-state index in [4.69, 9.17) is 33.7 Å². The number of carboxylic acids is 2. The molecule has 3 aliphatic rings. The quantitative estimate of drug-likeness (QED) is 0.549. The third-order valence-electron chi connectivity index (χ3n) is 6.09. The second kappa shape index (κ2) is 13.4. The van der Waals surface area contributed by atoms with Gasteiger partial charge in [-0.1, -0.05) is 0 Å². The van der Waals surface area contributed by atoms with Gasteiger partial charge in [0.15, 0.2) is 0 Å². The van der Waals surface area contributed by atoms with Crippen LogP contribution in [0.4, 0.5) is 26.3 Å². The predicted octanol–water partition coefficient (Wildman–Crippen LogP) is 3.02. The molecule has 0 bridgehead atoms. The lowest BCUT2D eigenvalue weighted by atomic mass is 9.84. The molecular formula is C22H30F6N2O7. The molecule has 2 N–H and O–H groups in total. The van der Waals surface area contributed by atoms with E-state index < -0.39 is 24.3 Å². The summed E-state index contributed by atoms with van der Waals surface area (Å²) < 4.78 is 80.9. The Morgan fingerprint density at radius 3 is 2.03 bits per heavy atom. The van der Waals surface area contributed by atoms with E-state index in [-0.39, 0.29) is 0 Å². The fourth-order valence-corrected chi connectivity index (χ4v) is 4.26. The van der Waals surface area contributed by atoms with Crippen LogP contribution in [0.3, 0.4) is 0 Å². The Bertz CT molecular complexity index is 846. The zero-order valence-corrected chi connectivity index (χ0v) is 20.1. The normalized spacial score (nSPS) is 24.8.